The number of aromatic nitrogens is 2. The molecule has 0 saturated heterocycles. The maximum atomic E-state index is 9.33. The minimum absolute atomic E-state index is 0. The largest absolute Gasteiger partial charge is 0.509 e. The van der Waals surface area contributed by atoms with Gasteiger partial charge in [-0.25, -0.2) is 4.98 Å². The maximum Gasteiger partial charge on any atom is 0.135 e. The molecule has 0 bridgehead atoms. The molecular formula is C63H53N4OPt-3. The Bertz CT molecular complexity index is 3670. The predicted octanol–water partition coefficient (Wildman–Crippen LogP) is 16.9. The zero-order valence-electron chi connectivity index (χ0n) is 42.8. The topological polar surface area (TPSA) is 33.5 Å². The van der Waals surface area contributed by atoms with E-state index in [0.29, 0.717) is 5.75 Å². The van der Waals surface area contributed by atoms with E-state index in [9.17, 15) is 1.37 Å². The van der Waals surface area contributed by atoms with Gasteiger partial charge in [0.15, 0.2) is 0 Å². The van der Waals surface area contributed by atoms with E-state index in [1.807, 2.05) is 66.3 Å². The van der Waals surface area contributed by atoms with Gasteiger partial charge in [-0.3, -0.25) is 0 Å². The van der Waals surface area contributed by atoms with E-state index in [1.165, 1.54) is 11.1 Å². The van der Waals surface area contributed by atoms with Crippen LogP contribution in [0.4, 0.5) is 22.7 Å². The van der Waals surface area contributed by atoms with Crippen LogP contribution >= 0.6 is 0 Å². The van der Waals surface area contributed by atoms with Gasteiger partial charge in [0.1, 0.15) is 5.82 Å². The van der Waals surface area contributed by atoms with Crippen LogP contribution in [0.15, 0.2) is 188 Å². The molecule has 6 heteroatoms. The van der Waals surface area contributed by atoms with Gasteiger partial charge in [-0.1, -0.05) is 174 Å². The van der Waals surface area contributed by atoms with Crippen LogP contribution in [0.25, 0.3) is 61.0 Å². The molecule has 5 nitrogen and oxygen atoms in total. The van der Waals surface area contributed by atoms with Crippen LogP contribution in [0, 0.1) is 25.7 Å². The number of rotatable bonds is 8. The van der Waals surface area contributed by atoms with Crippen molar-refractivity contribution in [2.75, 3.05) is 9.80 Å². The zero-order chi connectivity index (χ0) is 49.3. The third kappa shape index (κ3) is 8.55. The summed E-state index contributed by atoms with van der Waals surface area (Å²) in [7, 11) is 0. The summed E-state index contributed by atoms with van der Waals surface area (Å²) in [5, 5.41) is 2.01. The molecule has 0 unspecified atom stereocenters. The van der Waals surface area contributed by atoms with Gasteiger partial charge >= 0.3 is 0 Å². The molecule has 344 valence electrons. The number of hydrogen-bond acceptors (Lipinski definition) is 4. The molecule has 0 atom stereocenters. The van der Waals surface area contributed by atoms with Crippen molar-refractivity contribution in [2.45, 2.75) is 59.3 Å². The number of benzene rings is 8. The van der Waals surface area contributed by atoms with Crippen molar-refractivity contribution in [1.82, 2.24) is 9.55 Å². The molecule has 0 saturated carbocycles. The van der Waals surface area contributed by atoms with Crippen molar-refractivity contribution in [3.8, 4) is 50.7 Å². The molecule has 0 aliphatic carbocycles. The van der Waals surface area contributed by atoms with Gasteiger partial charge in [0.2, 0.25) is 0 Å². The Balaban J connectivity index is 0.00000596. The van der Waals surface area contributed by atoms with Crippen molar-refractivity contribution in [3.63, 3.8) is 0 Å². The van der Waals surface area contributed by atoms with E-state index < -0.39 is 0 Å². The van der Waals surface area contributed by atoms with Crippen LogP contribution in [0.5, 0.6) is 11.5 Å². The monoisotopic (exact) mass is 1080 g/mol. The first-order chi connectivity index (χ1) is 34.1. The summed E-state index contributed by atoms with van der Waals surface area (Å²) in [6.07, 6.45) is 1.94. The van der Waals surface area contributed by atoms with E-state index in [-0.39, 0.29) is 61.5 Å². The van der Waals surface area contributed by atoms with E-state index in [2.05, 4.69) is 185 Å². The fraction of sp³-hybridized carbons (Fsp3) is 0.143. The Kier molecular flexibility index (Phi) is 11.0. The normalized spacial score (nSPS) is 13.2. The number of nitrogens with zero attached hydrogens (tertiary/aromatic N) is 4. The second kappa shape index (κ2) is 18.0. The molecule has 1 aliphatic rings. The molecule has 0 radical (unpaired) electrons. The molecule has 3 heterocycles. The third-order valence-corrected chi connectivity index (χ3v) is 13.0. The summed E-state index contributed by atoms with van der Waals surface area (Å²) in [5.41, 5.74) is 14.7. The Morgan fingerprint density at radius 3 is 1.81 bits per heavy atom. The first-order valence-electron chi connectivity index (χ1n) is 24.7. The van der Waals surface area contributed by atoms with Crippen molar-refractivity contribution >= 4 is 44.6 Å². The molecule has 0 fully saturated rings. The van der Waals surface area contributed by atoms with Crippen molar-refractivity contribution in [1.29, 1.82) is 0 Å². The molecule has 0 N–H and O–H groups in total. The smallest absolute Gasteiger partial charge is 0.135 e. The predicted molar refractivity (Wildman–Crippen MR) is 283 cm³/mol. The fourth-order valence-electron chi connectivity index (χ4n) is 9.39. The summed E-state index contributed by atoms with van der Waals surface area (Å²) in [4.78, 5) is 9.10. The quantitative estimate of drug-likeness (QED) is 0.142. The van der Waals surface area contributed by atoms with Crippen LogP contribution < -0.4 is 14.5 Å². The number of fused-ring (bicyclic) bond motifs is 4. The number of anilines is 4. The number of hydrogen-bond donors (Lipinski definition) is 0. The third-order valence-electron chi connectivity index (χ3n) is 13.0. The van der Waals surface area contributed by atoms with Gasteiger partial charge in [-0.2, -0.15) is 12.1 Å². The Labute approximate surface area is 425 Å². The molecule has 10 aromatic rings. The molecule has 8 aromatic carbocycles. The van der Waals surface area contributed by atoms with E-state index in [4.69, 9.17) is 12.5 Å². The Morgan fingerprint density at radius 2 is 1.16 bits per heavy atom. The molecule has 69 heavy (non-hydrogen) atoms. The van der Waals surface area contributed by atoms with Crippen molar-refractivity contribution < 1.29 is 29.9 Å². The average Bonchev–Trinajstić information content (AvgIpc) is 3.92. The van der Waals surface area contributed by atoms with Gasteiger partial charge in [0, 0.05) is 79.4 Å². The van der Waals surface area contributed by atoms with E-state index in [1.54, 1.807) is 0 Å². The first kappa shape index (κ1) is 41.9. The van der Waals surface area contributed by atoms with E-state index >= 15 is 0 Å². The summed E-state index contributed by atoms with van der Waals surface area (Å²) >= 11 is 0. The summed E-state index contributed by atoms with van der Waals surface area (Å²) < 4.78 is 36.3. The summed E-state index contributed by atoms with van der Waals surface area (Å²) in [5.74, 6) is 1.10. The van der Waals surface area contributed by atoms with Crippen LogP contribution in [0.2, 0.25) is 0 Å². The molecule has 0 amide bonds. The van der Waals surface area contributed by atoms with Gasteiger partial charge in [0.05, 0.1) is 0 Å². The number of ether oxygens (including phenoxy) is 1. The van der Waals surface area contributed by atoms with Crippen molar-refractivity contribution in [3.05, 3.63) is 224 Å². The summed E-state index contributed by atoms with van der Waals surface area (Å²) in [6.45, 7) is 17.4. The fourth-order valence-corrected chi connectivity index (χ4v) is 9.39. The number of aryl methyl sites for hydroxylation is 1. The van der Waals surface area contributed by atoms with Crippen LogP contribution in [0.3, 0.4) is 0 Å². The van der Waals surface area contributed by atoms with Crippen molar-refractivity contribution in [2.24, 2.45) is 0 Å². The van der Waals surface area contributed by atoms with Crippen LogP contribution in [-0.2, 0) is 31.9 Å². The number of para-hydroxylation sites is 4. The minimum Gasteiger partial charge on any atom is -0.509 e. The van der Waals surface area contributed by atoms with Gasteiger partial charge in [-0.15, -0.1) is 48.0 Å². The Morgan fingerprint density at radius 1 is 0.565 bits per heavy atom. The van der Waals surface area contributed by atoms with Gasteiger partial charge < -0.3 is 19.1 Å². The summed E-state index contributed by atoms with van der Waals surface area (Å²) in [6, 6.07) is 62.8. The van der Waals surface area contributed by atoms with Crippen LogP contribution in [0.1, 0.15) is 62.3 Å². The standard InChI is InChI=1S/C63H53N4O.Pt/c1-42-37-60(64-40-55(42)45-29-33-47(34-30-45)63(5,6)7)67-56-24-12-11-21-53(56)54-36-35-50(39-59(54)67)68-49-20-15-19-48(38-49)65-41-66(58-26-14-13-25-57(58)65)61-51(43-17-9-8-10-18-43)22-16-23-52(61)44-27-31-46(32-28-44)62(2,3)4;/h8-37,40-41H,1-7H3;/q-3;/i15D,19D,20D;. The zero-order valence-corrected chi connectivity index (χ0v) is 42.0. The number of pyridine rings is 1. The molecule has 0 spiro atoms. The molecule has 11 rings (SSSR count). The maximum absolute atomic E-state index is 9.33. The molecular weight excluding hydrogens is 1020 g/mol. The second-order valence-electron chi connectivity index (χ2n) is 19.6. The van der Waals surface area contributed by atoms with Crippen LogP contribution in [-0.4, -0.2) is 9.55 Å². The first-order valence-corrected chi connectivity index (χ1v) is 23.2. The van der Waals surface area contributed by atoms with Gasteiger partial charge in [-0.05, 0) is 83.5 Å². The molecule has 1 aliphatic heterocycles. The van der Waals surface area contributed by atoms with Gasteiger partial charge in [0.25, 0.3) is 0 Å². The average molecular weight is 1080 g/mol. The molecule has 2 aromatic heterocycles. The Hall–Kier alpha value is -7.20. The minimum atomic E-state index is -0.273. The van der Waals surface area contributed by atoms with E-state index in [0.717, 1.165) is 83.6 Å². The SMILES string of the molecule is [2H]c1c(Oc2[c-]c3c(cc2)c2ccccc2n3-c2cc(C)c(-c3ccc(C(C)(C)C)cc3)cn2)[c-]c(N2[CH-]N(c3c(-c4ccccc4)cccc3-c3ccc(C(C)(C)C)cc3)c3ccccc32)c([2H])c1[2H].[Pt]. The second-order valence-corrected chi connectivity index (χ2v) is 19.6.